The van der Waals surface area contributed by atoms with Gasteiger partial charge in [-0.05, 0) is 36.4 Å². The Labute approximate surface area is 203 Å². The van der Waals surface area contributed by atoms with Gasteiger partial charge in [0.2, 0.25) is 5.75 Å². The number of rotatable bonds is 7. The first kappa shape index (κ1) is 23.4. The smallest absolute Gasteiger partial charge is 0.254 e. The standard InChI is InChI=1S/C27H25ClN2O4/c1-30(16-18-11-14-24(32-2)26(34-4)25(18)33-3)27(31)21-15-23(17-9-12-19(28)13-10-17)29-22-8-6-5-7-20(21)22/h5-15H,16H2,1-4H3. The van der Waals surface area contributed by atoms with Gasteiger partial charge < -0.3 is 19.1 Å². The minimum atomic E-state index is -0.134. The summed E-state index contributed by atoms with van der Waals surface area (Å²) in [6, 6.07) is 20.5. The fraction of sp³-hybridized carbons (Fsp3) is 0.185. The van der Waals surface area contributed by atoms with Crippen LogP contribution in [0.3, 0.4) is 0 Å². The van der Waals surface area contributed by atoms with Crippen LogP contribution in [0.4, 0.5) is 0 Å². The number of carbonyl (C=O) groups is 1. The Morgan fingerprint density at radius 1 is 0.912 bits per heavy atom. The Morgan fingerprint density at radius 3 is 2.29 bits per heavy atom. The average Bonchev–Trinajstić information content (AvgIpc) is 2.87. The topological polar surface area (TPSA) is 60.9 Å². The lowest BCUT2D eigenvalue weighted by atomic mass is 10.0. The normalized spacial score (nSPS) is 10.7. The van der Waals surface area contributed by atoms with Crippen molar-refractivity contribution in [3.05, 3.63) is 82.9 Å². The van der Waals surface area contributed by atoms with Crippen LogP contribution in [0.2, 0.25) is 5.02 Å². The third kappa shape index (κ3) is 4.50. The van der Waals surface area contributed by atoms with E-state index in [0.29, 0.717) is 40.1 Å². The quantitative estimate of drug-likeness (QED) is 0.334. The number of fused-ring (bicyclic) bond motifs is 1. The molecule has 1 amide bonds. The highest BCUT2D eigenvalue weighted by molar-refractivity contribution is 6.30. The number of para-hydroxylation sites is 1. The van der Waals surface area contributed by atoms with Crippen molar-refractivity contribution >= 4 is 28.4 Å². The van der Waals surface area contributed by atoms with Gasteiger partial charge in [-0.2, -0.15) is 0 Å². The first-order valence-electron chi connectivity index (χ1n) is 10.7. The highest BCUT2D eigenvalue weighted by atomic mass is 35.5. The van der Waals surface area contributed by atoms with Crippen molar-refractivity contribution < 1.29 is 19.0 Å². The third-order valence-corrected chi connectivity index (χ3v) is 5.88. The van der Waals surface area contributed by atoms with Gasteiger partial charge in [-0.3, -0.25) is 4.79 Å². The maximum Gasteiger partial charge on any atom is 0.254 e. The second-order valence-electron chi connectivity index (χ2n) is 7.73. The van der Waals surface area contributed by atoms with Crippen LogP contribution in [-0.4, -0.2) is 44.2 Å². The van der Waals surface area contributed by atoms with Crippen LogP contribution in [0.15, 0.2) is 66.7 Å². The molecule has 0 unspecified atom stereocenters. The molecule has 6 nitrogen and oxygen atoms in total. The van der Waals surface area contributed by atoms with Gasteiger partial charge in [0.1, 0.15) is 0 Å². The molecule has 0 atom stereocenters. The molecular weight excluding hydrogens is 452 g/mol. The molecule has 0 fully saturated rings. The monoisotopic (exact) mass is 476 g/mol. The lowest BCUT2D eigenvalue weighted by Crippen LogP contribution is -2.27. The van der Waals surface area contributed by atoms with Crippen molar-refractivity contribution in [2.24, 2.45) is 0 Å². The molecule has 0 N–H and O–H groups in total. The Bertz CT molecular complexity index is 1340. The minimum absolute atomic E-state index is 0.134. The molecule has 34 heavy (non-hydrogen) atoms. The molecule has 174 valence electrons. The summed E-state index contributed by atoms with van der Waals surface area (Å²) in [5, 5.41) is 1.43. The highest BCUT2D eigenvalue weighted by Gasteiger charge is 2.21. The lowest BCUT2D eigenvalue weighted by Gasteiger charge is -2.22. The molecule has 4 rings (SSSR count). The van der Waals surface area contributed by atoms with Crippen molar-refractivity contribution in [3.8, 4) is 28.5 Å². The molecule has 1 aromatic heterocycles. The summed E-state index contributed by atoms with van der Waals surface area (Å²) in [6.07, 6.45) is 0. The van der Waals surface area contributed by atoms with Crippen molar-refractivity contribution in [3.63, 3.8) is 0 Å². The van der Waals surface area contributed by atoms with Crippen molar-refractivity contribution in [1.29, 1.82) is 0 Å². The number of halogens is 1. The van der Waals surface area contributed by atoms with E-state index in [-0.39, 0.29) is 5.91 Å². The Balaban J connectivity index is 1.73. The average molecular weight is 477 g/mol. The largest absolute Gasteiger partial charge is 0.493 e. The molecule has 0 aliphatic heterocycles. The predicted octanol–water partition coefficient (Wildman–Crippen LogP) is 5.85. The number of carbonyl (C=O) groups excluding carboxylic acids is 1. The number of pyridine rings is 1. The van der Waals surface area contributed by atoms with E-state index >= 15 is 0 Å². The number of hydrogen-bond acceptors (Lipinski definition) is 5. The number of amides is 1. The molecule has 0 radical (unpaired) electrons. The van der Waals surface area contributed by atoms with E-state index in [9.17, 15) is 4.79 Å². The Morgan fingerprint density at radius 2 is 1.62 bits per heavy atom. The number of methoxy groups -OCH3 is 3. The van der Waals surface area contributed by atoms with Gasteiger partial charge in [-0.15, -0.1) is 0 Å². The van der Waals surface area contributed by atoms with Gasteiger partial charge in [0, 0.05) is 35.1 Å². The molecule has 0 spiro atoms. The fourth-order valence-electron chi connectivity index (χ4n) is 3.94. The summed E-state index contributed by atoms with van der Waals surface area (Å²) in [5.74, 6) is 1.45. The summed E-state index contributed by atoms with van der Waals surface area (Å²) < 4.78 is 16.4. The fourth-order valence-corrected chi connectivity index (χ4v) is 4.07. The molecule has 0 saturated heterocycles. The van der Waals surface area contributed by atoms with Gasteiger partial charge >= 0.3 is 0 Å². The van der Waals surface area contributed by atoms with E-state index in [1.54, 1.807) is 39.3 Å². The molecule has 0 aliphatic carbocycles. The molecule has 0 bridgehead atoms. The van der Waals surface area contributed by atoms with Crippen LogP contribution in [0, 0.1) is 0 Å². The van der Waals surface area contributed by atoms with Crippen molar-refractivity contribution in [1.82, 2.24) is 9.88 Å². The zero-order chi connectivity index (χ0) is 24.2. The summed E-state index contributed by atoms with van der Waals surface area (Å²) in [7, 11) is 6.45. The van der Waals surface area contributed by atoms with Crippen molar-refractivity contribution in [2.75, 3.05) is 28.4 Å². The van der Waals surface area contributed by atoms with Crippen LogP contribution in [0.5, 0.6) is 17.2 Å². The summed E-state index contributed by atoms with van der Waals surface area (Å²) in [4.78, 5) is 20.1. The number of benzene rings is 3. The first-order valence-corrected chi connectivity index (χ1v) is 11.0. The zero-order valence-electron chi connectivity index (χ0n) is 19.5. The van der Waals surface area contributed by atoms with E-state index in [2.05, 4.69) is 0 Å². The molecular formula is C27H25ClN2O4. The van der Waals surface area contributed by atoms with E-state index in [1.165, 1.54) is 0 Å². The SMILES string of the molecule is COc1ccc(CN(C)C(=O)c2cc(-c3ccc(Cl)cc3)nc3ccccc23)c(OC)c1OC. The molecule has 3 aromatic carbocycles. The van der Waals surface area contributed by atoms with Crippen LogP contribution >= 0.6 is 11.6 Å². The van der Waals surface area contributed by atoms with E-state index in [0.717, 1.165) is 22.0 Å². The van der Waals surface area contributed by atoms with Crippen LogP contribution in [0.1, 0.15) is 15.9 Å². The molecule has 1 heterocycles. The maximum absolute atomic E-state index is 13.7. The van der Waals surface area contributed by atoms with E-state index < -0.39 is 0 Å². The minimum Gasteiger partial charge on any atom is -0.493 e. The molecule has 0 aliphatic rings. The van der Waals surface area contributed by atoms with Gasteiger partial charge in [0.25, 0.3) is 5.91 Å². The van der Waals surface area contributed by atoms with Crippen LogP contribution < -0.4 is 14.2 Å². The first-order chi connectivity index (χ1) is 16.5. The highest BCUT2D eigenvalue weighted by Crippen LogP contribution is 2.40. The van der Waals surface area contributed by atoms with Crippen LogP contribution in [0.25, 0.3) is 22.2 Å². The van der Waals surface area contributed by atoms with Gasteiger partial charge in [-0.1, -0.05) is 41.9 Å². The number of aromatic nitrogens is 1. The van der Waals surface area contributed by atoms with Crippen LogP contribution in [-0.2, 0) is 6.54 Å². The van der Waals surface area contributed by atoms with E-state index in [4.69, 9.17) is 30.8 Å². The van der Waals surface area contributed by atoms with Crippen molar-refractivity contribution in [2.45, 2.75) is 6.54 Å². The second kappa shape index (κ2) is 10.0. The summed E-state index contributed by atoms with van der Waals surface area (Å²) in [6.45, 7) is 0.315. The summed E-state index contributed by atoms with van der Waals surface area (Å²) >= 11 is 6.05. The zero-order valence-corrected chi connectivity index (χ0v) is 20.2. The maximum atomic E-state index is 13.7. The molecule has 7 heteroatoms. The molecule has 4 aromatic rings. The second-order valence-corrected chi connectivity index (χ2v) is 8.17. The van der Waals surface area contributed by atoms with Gasteiger partial charge in [0.15, 0.2) is 11.5 Å². The lowest BCUT2D eigenvalue weighted by molar-refractivity contribution is 0.0786. The molecule has 0 saturated carbocycles. The van der Waals surface area contributed by atoms with Gasteiger partial charge in [-0.25, -0.2) is 4.98 Å². The third-order valence-electron chi connectivity index (χ3n) is 5.63. The summed E-state index contributed by atoms with van der Waals surface area (Å²) in [5.41, 5.74) is 3.70. The number of hydrogen-bond donors (Lipinski definition) is 0. The predicted molar refractivity (Wildman–Crippen MR) is 134 cm³/mol. The Kier molecular flexibility index (Phi) is 6.89. The number of nitrogens with zero attached hydrogens (tertiary/aromatic N) is 2. The Hall–Kier alpha value is -3.77. The van der Waals surface area contributed by atoms with Gasteiger partial charge in [0.05, 0.1) is 38.1 Å². The number of ether oxygens (including phenoxy) is 3. The van der Waals surface area contributed by atoms with E-state index in [1.807, 2.05) is 60.7 Å².